The minimum Gasteiger partial charge on any atom is -0.478 e. The monoisotopic (exact) mass is 533 g/mol. The minimum atomic E-state index is -2.80. The summed E-state index contributed by atoms with van der Waals surface area (Å²) in [4.78, 5) is 13.5. The molecule has 38 heavy (non-hydrogen) atoms. The third-order valence-corrected chi connectivity index (χ3v) is 6.93. The molecule has 1 N–H and O–H groups in total. The van der Waals surface area contributed by atoms with Crippen molar-refractivity contribution in [2.24, 2.45) is 0 Å². The Morgan fingerprint density at radius 2 is 1.47 bits per heavy atom. The number of hydrogen-bond donors (Lipinski definition) is 1. The zero-order chi connectivity index (χ0) is 27.6. The quantitative estimate of drug-likeness (QED) is 0.312. The van der Waals surface area contributed by atoms with Gasteiger partial charge in [-0.05, 0) is 49.3 Å². The van der Waals surface area contributed by atoms with Gasteiger partial charge in [-0.1, -0.05) is 12.1 Å². The summed E-state index contributed by atoms with van der Waals surface area (Å²) in [6.45, 7) is 1.93. The van der Waals surface area contributed by atoms with Crippen molar-refractivity contribution in [1.82, 2.24) is 0 Å². The van der Waals surface area contributed by atoms with Crippen LogP contribution in [-0.4, -0.2) is 59.1 Å². The van der Waals surface area contributed by atoms with Crippen LogP contribution in [-0.2, 0) is 0 Å². The van der Waals surface area contributed by atoms with E-state index in [0.717, 1.165) is 6.92 Å². The molecule has 0 unspecified atom stereocenters. The third-order valence-electron chi connectivity index (χ3n) is 6.93. The molecule has 2 aliphatic heterocycles. The highest BCUT2D eigenvalue weighted by atomic mass is 19.3. The second-order valence-corrected chi connectivity index (χ2v) is 10.1. The Morgan fingerprint density at radius 3 is 1.97 bits per heavy atom. The van der Waals surface area contributed by atoms with Crippen molar-refractivity contribution in [1.29, 1.82) is 0 Å². The van der Waals surface area contributed by atoms with Crippen molar-refractivity contribution >= 4 is 22.9 Å². The summed E-state index contributed by atoms with van der Waals surface area (Å²) in [5.74, 6) is -9.17. The molecule has 0 amide bonds. The normalized spacial score (nSPS) is 21.9. The van der Waals surface area contributed by atoms with E-state index in [-0.39, 0.29) is 24.2 Å². The van der Waals surface area contributed by atoms with Crippen LogP contribution in [0, 0.1) is 24.4 Å². The number of halogens is 6. The van der Waals surface area contributed by atoms with E-state index in [0.29, 0.717) is 17.0 Å². The summed E-state index contributed by atoms with van der Waals surface area (Å²) in [6.07, 6.45) is 6.41. The second-order valence-electron chi connectivity index (χ2n) is 10.1. The van der Waals surface area contributed by atoms with Crippen LogP contribution >= 0.6 is 0 Å². The number of hydrogen-bond acceptors (Lipinski definition) is 2. The van der Waals surface area contributed by atoms with Crippen molar-refractivity contribution in [2.45, 2.75) is 25.4 Å². The first-order chi connectivity index (χ1) is 17.8. The summed E-state index contributed by atoms with van der Waals surface area (Å²) < 4.78 is 87.2. The lowest BCUT2D eigenvalue weighted by atomic mass is 9.86. The fraction of sp³-hybridized carbons (Fsp3) is 0.286. The minimum absolute atomic E-state index is 0.0205. The van der Waals surface area contributed by atoms with Gasteiger partial charge in [0.1, 0.15) is 11.4 Å². The van der Waals surface area contributed by atoms with Gasteiger partial charge in [0.15, 0.2) is 30.4 Å². The molecule has 2 fully saturated rings. The number of carboxylic acid groups (broad SMARTS) is 1. The molecule has 3 aliphatic rings. The van der Waals surface area contributed by atoms with Crippen LogP contribution in [0.1, 0.15) is 34.0 Å². The molecule has 2 saturated heterocycles. The Bertz CT molecular complexity index is 1450. The SMILES string of the molecule is Cc1c(F)c(F)c(C(=O)O)c(C(=C2C=CC(=[N+]3CC(C)(F)C3)C=C2)c2ccc(N3CC(F)(F)C3)cc2)c1F. The first-order valence-electron chi connectivity index (χ1n) is 11.8. The fourth-order valence-corrected chi connectivity index (χ4v) is 4.97. The number of allylic oxidation sites excluding steroid dienone is 5. The predicted octanol–water partition coefficient (Wildman–Crippen LogP) is 5.69. The molecular weight excluding hydrogens is 510 g/mol. The lowest BCUT2D eigenvalue weighted by molar-refractivity contribution is -0.619. The van der Waals surface area contributed by atoms with Crippen molar-refractivity contribution in [3.8, 4) is 0 Å². The van der Waals surface area contributed by atoms with Crippen LogP contribution in [0.25, 0.3) is 5.57 Å². The highest BCUT2D eigenvalue weighted by molar-refractivity contribution is 6.05. The zero-order valence-electron chi connectivity index (χ0n) is 20.5. The topological polar surface area (TPSA) is 43.5 Å². The van der Waals surface area contributed by atoms with E-state index in [1.807, 2.05) is 0 Å². The maximum Gasteiger partial charge on any atom is 0.339 e. The molecule has 2 heterocycles. The number of carboxylic acids is 1. The van der Waals surface area contributed by atoms with E-state index < -0.39 is 64.8 Å². The fourth-order valence-electron chi connectivity index (χ4n) is 4.97. The van der Waals surface area contributed by atoms with Crippen LogP contribution in [0.2, 0.25) is 0 Å². The average Bonchev–Trinajstić information content (AvgIpc) is 2.83. The molecule has 2 aromatic carbocycles. The molecule has 0 spiro atoms. The first kappa shape index (κ1) is 25.8. The van der Waals surface area contributed by atoms with Gasteiger partial charge in [-0.25, -0.2) is 35.7 Å². The van der Waals surface area contributed by atoms with Gasteiger partial charge in [0.25, 0.3) is 5.92 Å². The van der Waals surface area contributed by atoms with Crippen molar-refractivity contribution < 1.29 is 40.8 Å². The van der Waals surface area contributed by atoms with Crippen LogP contribution in [0.4, 0.5) is 32.0 Å². The summed E-state index contributed by atoms with van der Waals surface area (Å²) in [5, 5.41) is 9.73. The van der Waals surface area contributed by atoms with Crippen LogP contribution < -0.4 is 4.90 Å². The molecule has 0 bridgehead atoms. The molecule has 0 atom stereocenters. The van der Waals surface area contributed by atoms with Gasteiger partial charge < -0.3 is 10.0 Å². The smallest absolute Gasteiger partial charge is 0.339 e. The lowest BCUT2D eigenvalue weighted by Crippen LogP contribution is -2.56. The highest BCUT2D eigenvalue weighted by Gasteiger charge is 2.46. The van der Waals surface area contributed by atoms with E-state index >= 15 is 4.39 Å². The van der Waals surface area contributed by atoms with Gasteiger partial charge in [-0.2, -0.15) is 0 Å². The Balaban J connectivity index is 1.67. The van der Waals surface area contributed by atoms with E-state index in [4.69, 9.17) is 0 Å². The van der Waals surface area contributed by atoms with Crippen molar-refractivity contribution in [3.63, 3.8) is 0 Å². The number of carbonyl (C=O) groups is 1. The second kappa shape index (κ2) is 8.89. The summed E-state index contributed by atoms with van der Waals surface area (Å²) >= 11 is 0. The van der Waals surface area contributed by atoms with Gasteiger partial charge in [0.2, 0.25) is 5.67 Å². The zero-order valence-corrected chi connectivity index (χ0v) is 20.5. The molecule has 0 saturated carbocycles. The maximum atomic E-state index is 15.6. The van der Waals surface area contributed by atoms with Gasteiger partial charge in [0, 0.05) is 34.5 Å². The molecule has 2 aromatic rings. The van der Waals surface area contributed by atoms with E-state index in [1.165, 1.54) is 36.1 Å². The van der Waals surface area contributed by atoms with E-state index in [9.17, 15) is 31.9 Å². The van der Waals surface area contributed by atoms with E-state index in [2.05, 4.69) is 0 Å². The molecule has 0 radical (unpaired) electrons. The number of alkyl halides is 3. The molecule has 5 rings (SSSR count). The van der Waals surface area contributed by atoms with Crippen LogP contribution in [0.15, 0.2) is 54.1 Å². The summed E-state index contributed by atoms with van der Waals surface area (Å²) in [5.41, 5.74) is -2.10. The number of nitrogens with zero attached hydrogens (tertiary/aromatic N) is 2. The van der Waals surface area contributed by atoms with Crippen molar-refractivity contribution in [2.75, 3.05) is 31.1 Å². The average molecular weight is 533 g/mol. The molecule has 4 nitrogen and oxygen atoms in total. The summed E-state index contributed by atoms with van der Waals surface area (Å²) in [7, 11) is 0. The molecule has 1 aliphatic carbocycles. The van der Waals surface area contributed by atoms with Gasteiger partial charge in [-0.15, -0.1) is 0 Å². The molecule has 0 aromatic heterocycles. The number of anilines is 1. The number of benzene rings is 2. The summed E-state index contributed by atoms with van der Waals surface area (Å²) in [6, 6.07) is 6.01. The largest absolute Gasteiger partial charge is 0.478 e. The van der Waals surface area contributed by atoms with E-state index in [1.54, 1.807) is 28.9 Å². The Morgan fingerprint density at radius 1 is 0.895 bits per heavy atom. The Kier molecular flexibility index (Phi) is 6.04. The highest BCUT2D eigenvalue weighted by Crippen LogP contribution is 2.39. The lowest BCUT2D eigenvalue weighted by Gasteiger charge is -2.40. The standard InChI is InChI=1S/C28H22F6N2O2/c1-15-23(29)21(22(26(37)38)25(31)24(15)30)20(16-3-7-18(8-4-16)35-11-27(2,32)12-35)17-5-9-19(10-6-17)36-13-28(33,34)14-36/h3-10H,11-14H2,1-2H3/p+1. The predicted molar refractivity (Wildman–Crippen MR) is 130 cm³/mol. The van der Waals surface area contributed by atoms with Crippen LogP contribution in [0.5, 0.6) is 0 Å². The Labute approximate surface area is 214 Å². The maximum absolute atomic E-state index is 15.6. The Hall–Kier alpha value is -3.82. The van der Waals surface area contributed by atoms with Gasteiger partial charge in [0.05, 0.1) is 13.1 Å². The van der Waals surface area contributed by atoms with Crippen molar-refractivity contribution in [3.05, 3.63) is 93.8 Å². The number of rotatable bonds is 4. The molecular formula is C28H23F6N2O2+. The van der Waals surface area contributed by atoms with Crippen LogP contribution in [0.3, 0.4) is 0 Å². The third kappa shape index (κ3) is 4.41. The van der Waals surface area contributed by atoms with Gasteiger partial charge >= 0.3 is 5.97 Å². The van der Waals surface area contributed by atoms with Gasteiger partial charge in [-0.3, -0.25) is 0 Å². The molecule has 10 heteroatoms. The molecule has 198 valence electrons. The number of aromatic carboxylic acids is 1. The first-order valence-corrected chi connectivity index (χ1v) is 11.8.